The molecular formula is C11H8F3NO2. The summed E-state index contributed by atoms with van der Waals surface area (Å²) in [6, 6.07) is 3.60. The first kappa shape index (κ1) is 11.5. The monoisotopic (exact) mass is 243 g/mol. The van der Waals surface area contributed by atoms with Gasteiger partial charge in [0.25, 0.3) is 0 Å². The Hall–Kier alpha value is -1.98. The highest BCUT2D eigenvalue weighted by Crippen LogP contribution is 2.36. The summed E-state index contributed by atoms with van der Waals surface area (Å²) in [6.07, 6.45) is -3.38. The van der Waals surface area contributed by atoms with Gasteiger partial charge in [-0.25, -0.2) is 4.79 Å². The van der Waals surface area contributed by atoms with E-state index in [1.54, 1.807) is 0 Å². The first-order valence-corrected chi connectivity index (χ1v) is 4.71. The minimum Gasteiger partial charge on any atom is -0.478 e. The quantitative estimate of drug-likeness (QED) is 0.836. The van der Waals surface area contributed by atoms with E-state index in [0.717, 1.165) is 6.07 Å². The fraction of sp³-hybridized carbons (Fsp3) is 0.182. The number of hydrogen-bond acceptors (Lipinski definition) is 1. The summed E-state index contributed by atoms with van der Waals surface area (Å²) >= 11 is 0. The smallest absolute Gasteiger partial charge is 0.417 e. The van der Waals surface area contributed by atoms with Crippen molar-refractivity contribution in [2.24, 2.45) is 7.05 Å². The molecule has 0 unspecified atom stereocenters. The number of benzene rings is 1. The Morgan fingerprint density at radius 3 is 2.53 bits per heavy atom. The van der Waals surface area contributed by atoms with Gasteiger partial charge in [-0.1, -0.05) is 6.07 Å². The summed E-state index contributed by atoms with van der Waals surface area (Å²) in [4.78, 5) is 10.9. The van der Waals surface area contributed by atoms with Gasteiger partial charge in [0.2, 0.25) is 0 Å². The van der Waals surface area contributed by atoms with Gasteiger partial charge < -0.3 is 9.67 Å². The van der Waals surface area contributed by atoms with Gasteiger partial charge in [0.15, 0.2) is 0 Å². The zero-order chi connectivity index (χ0) is 12.8. The maximum absolute atomic E-state index is 12.8. The third-order valence-electron chi connectivity index (χ3n) is 2.55. The van der Waals surface area contributed by atoms with E-state index in [9.17, 15) is 18.0 Å². The van der Waals surface area contributed by atoms with Crippen molar-refractivity contribution in [1.29, 1.82) is 0 Å². The Labute approximate surface area is 94.1 Å². The molecule has 6 heteroatoms. The zero-order valence-electron chi connectivity index (χ0n) is 8.75. The lowest BCUT2D eigenvalue weighted by atomic mass is 10.1. The highest BCUT2D eigenvalue weighted by atomic mass is 19.4. The van der Waals surface area contributed by atoms with Crippen molar-refractivity contribution in [2.75, 3.05) is 0 Å². The van der Waals surface area contributed by atoms with Crippen molar-refractivity contribution >= 4 is 16.9 Å². The van der Waals surface area contributed by atoms with Crippen LogP contribution < -0.4 is 0 Å². The second kappa shape index (κ2) is 3.51. The molecule has 0 saturated heterocycles. The average molecular weight is 243 g/mol. The molecule has 2 rings (SSSR count). The number of nitrogens with zero attached hydrogens (tertiary/aromatic N) is 1. The lowest BCUT2D eigenvalue weighted by molar-refractivity contribution is -0.136. The van der Waals surface area contributed by atoms with Crippen molar-refractivity contribution in [3.05, 3.63) is 35.5 Å². The molecule has 0 saturated carbocycles. The first-order valence-electron chi connectivity index (χ1n) is 4.71. The maximum atomic E-state index is 12.8. The van der Waals surface area contributed by atoms with E-state index in [-0.39, 0.29) is 16.5 Å². The van der Waals surface area contributed by atoms with E-state index >= 15 is 0 Å². The van der Waals surface area contributed by atoms with Gasteiger partial charge in [-0.15, -0.1) is 0 Å². The third kappa shape index (κ3) is 1.75. The number of aromatic nitrogens is 1. The van der Waals surface area contributed by atoms with Gasteiger partial charge in [0.05, 0.1) is 11.1 Å². The molecule has 0 aliphatic heterocycles. The summed E-state index contributed by atoms with van der Waals surface area (Å²) in [5.74, 6) is -1.37. The maximum Gasteiger partial charge on any atom is 0.417 e. The normalized spacial score (nSPS) is 12.0. The van der Waals surface area contributed by atoms with Crippen LogP contribution >= 0.6 is 0 Å². The standard InChI is InChI=1S/C11H8F3NO2/c1-15-5-6(10(16)17)9-7(11(12,13)14)3-2-4-8(9)15/h2-5H,1H3,(H,16,17). The summed E-state index contributed by atoms with van der Waals surface area (Å²) < 4.78 is 39.7. The minimum absolute atomic E-state index is 0.247. The number of halogens is 3. The van der Waals surface area contributed by atoms with Crippen LogP contribution in [-0.4, -0.2) is 15.6 Å². The second-order valence-corrected chi connectivity index (χ2v) is 3.66. The third-order valence-corrected chi connectivity index (χ3v) is 2.55. The summed E-state index contributed by atoms with van der Waals surface area (Å²) in [6.45, 7) is 0. The molecule has 3 nitrogen and oxygen atoms in total. The van der Waals surface area contributed by atoms with Crippen molar-refractivity contribution in [2.45, 2.75) is 6.18 Å². The van der Waals surface area contributed by atoms with E-state index in [4.69, 9.17) is 5.11 Å². The molecule has 1 aromatic carbocycles. The number of alkyl halides is 3. The highest BCUT2D eigenvalue weighted by molar-refractivity contribution is 6.05. The van der Waals surface area contributed by atoms with Crippen LogP contribution in [0.2, 0.25) is 0 Å². The molecule has 0 fully saturated rings. The molecule has 0 bridgehead atoms. The van der Waals surface area contributed by atoms with Gasteiger partial charge in [0, 0.05) is 24.1 Å². The molecule has 0 spiro atoms. The highest BCUT2D eigenvalue weighted by Gasteiger charge is 2.34. The number of carbonyl (C=O) groups is 1. The van der Waals surface area contributed by atoms with E-state index < -0.39 is 17.7 Å². The number of carboxylic acid groups (broad SMARTS) is 1. The van der Waals surface area contributed by atoms with Gasteiger partial charge in [-0.05, 0) is 12.1 Å². The molecule has 0 aliphatic carbocycles. The molecule has 1 aromatic heterocycles. The Bertz CT molecular complexity index is 599. The number of rotatable bonds is 1. The zero-order valence-corrected chi connectivity index (χ0v) is 8.75. The van der Waals surface area contributed by atoms with Crippen molar-refractivity contribution in [3.8, 4) is 0 Å². The Morgan fingerprint density at radius 2 is 2.00 bits per heavy atom. The van der Waals surface area contributed by atoms with E-state index in [2.05, 4.69) is 0 Å². The number of fused-ring (bicyclic) bond motifs is 1. The molecule has 2 aromatic rings. The van der Waals surface area contributed by atoms with Gasteiger partial charge in [0.1, 0.15) is 0 Å². The predicted octanol–water partition coefficient (Wildman–Crippen LogP) is 2.90. The molecule has 0 radical (unpaired) electrons. The molecule has 90 valence electrons. The molecule has 1 N–H and O–H groups in total. The van der Waals surface area contributed by atoms with Crippen LogP contribution in [0, 0.1) is 0 Å². The number of carboxylic acids is 1. The SMILES string of the molecule is Cn1cc(C(=O)O)c2c(C(F)(F)F)cccc21. The van der Waals surface area contributed by atoms with E-state index in [0.29, 0.717) is 0 Å². The van der Waals surface area contributed by atoms with Gasteiger partial charge >= 0.3 is 12.1 Å². The van der Waals surface area contributed by atoms with Gasteiger partial charge in [-0.2, -0.15) is 13.2 Å². The number of aromatic carboxylic acids is 1. The lowest BCUT2D eigenvalue weighted by Gasteiger charge is -2.08. The van der Waals surface area contributed by atoms with Crippen molar-refractivity contribution < 1.29 is 23.1 Å². The second-order valence-electron chi connectivity index (χ2n) is 3.66. The van der Waals surface area contributed by atoms with Crippen molar-refractivity contribution in [3.63, 3.8) is 0 Å². The Balaban J connectivity index is 2.91. The average Bonchev–Trinajstić information content (AvgIpc) is 2.55. The van der Waals surface area contributed by atoms with Crippen LogP contribution in [0.25, 0.3) is 10.9 Å². The molecule has 17 heavy (non-hydrogen) atoms. The lowest BCUT2D eigenvalue weighted by Crippen LogP contribution is -2.07. The number of hydrogen-bond donors (Lipinski definition) is 1. The minimum atomic E-state index is -4.56. The fourth-order valence-electron chi connectivity index (χ4n) is 1.84. The van der Waals surface area contributed by atoms with Crippen LogP contribution in [0.1, 0.15) is 15.9 Å². The molecular weight excluding hydrogens is 235 g/mol. The molecule has 1 heterocycles. The summed E-state index contributed by atoms with van der Waals surface area (Å²) in [5, 5.41) is 8.64. The topological polar surface area (TPSA) is 42.2 Å². The van der Waals surface area contributed by atoms with Crippen molar-refractivity contribution in [1.82, 2.24) is 4.57 Å². The molecule has 0 atom stereocenters. The van der Waals surface area contributed by atoms with Gasteiger partial charge in [-0.3, -0.25) is 0 Å². The Morgan fingerprint density at radius 1 is 1.35 bits per heavy atom. The van der Waals surface area contributed by atoms with Crippen LogP contribution in [-0.2, 0) is 13.2 Å². The molecule has 0 amide bonds. The van der Waals surface area contributed by atoms with E-state index in [1.165, 1.54) is 29.9 Å². The Kier molecular flexibility index (Phi) is 2.38. The van der Waals surface area contributed by atoms with Crippen LogP contribution in [0.4, 0.5) is 13.2 Å². The van der Waals surface area contributed by atoms with Crippen LogP contribution in [0.3, 0.4) is 0 Å². The first-order chi connectivity index (χ1) is 7.82. The largest absolute Gasteiger partial charge is 0.478 e. The molecule has 0 aliphatic rings. The summed E-state index contributed by atoms with van der Waals surface area (Å²) in [7, 11) is 1.51. The van der Waals surface area contributed by atoms with E-state index in [1.807, 2.05) is 0 Å². The predicted molar refractivity (Wildman–Crippen MR) is 54.9 cm³/mol. The van der Waals surface area contributed by atoms with Crippen LogP contribution in [0.5, 0.6) is 0 Å². The fourth-order valence-corrected chi connectivity index (χ4v) is 1.84. The number of aryl methyl sites for hydroxylation is 1. The summed E-state index contributed by atoms with van der Waals surface area (Å²) in [5.41, 5.74) is -1.01. The van der Waals surface area contributed by atoms with Crippen LogP contribution in [0.15, 0.2) is 24.4 Å².